The number of nitrogens with two attached hydrogens (primary N) is 1. The molecule has 5 nitrogen and oxygen atoms in total. The SMILES string of the molecule is NOC(=O)N1CCCC(O)C1. The van der Waals surface area contributed by atoms with Crippen molar-refractivity contribution in [2.75, 3.05) is 13.1 Å². The van der Waals surface area contributed by atoms with Gasteiger partial charge in [-0.15, -0.1) is 0 Å². The Labute approximate surface area is 64.7 Å². The summed E-state index contributed by atoms with van der Waals surface area (Å²) in [6.45, 7) is 0.948. The summed E-state index contributed by atoms with van der Waals surface area (Å²) in [5, 5.41) is 9.13. The van der Waals surface area contributed by atoms with Crippen molar-refractivity contribution >= 4 is 6.09 Å². The molecule has 1 aliphatic heterocycles. The van der Waals surface area contributed by atoms with Crippen LogP contribution in [0.3, 0.4) is 0 Å². The molecule has 1 fully saturated rings. The maximum absolute atomic E-state index is 10.8. The van der Waals surface area contributed by atoms with Crippen molar-refractivity contribution in [3.8, 4) is 0 Å². The number of piperidine rings is 1. The fraction of sp³-hybridized carbons (Fsp3) is 0.833. The summed E-state index contributed by atoms with van der Waals surface area (Å²) in [5.74, 6) is 4.68. The molecule has 0 bridgehead atoms. The molecule has 64 valence electrons. The van der Waals surface area contributed by atoms with Crippen LogP contribution in [0.4, 0.5) is 4.79 Å². The van der Waals surface area contributed by atoms with Gasteiger partial charge in [0.1, 0.15) is 0 Å². The molecule has 0 radical (unpaired) electrons. The number of hydrogen-bond acceptors (Lipinski definition) is 4. The quantitative estimate of drug-likeness (QED) is 0.466. The van der Waals surface area contributed by atoms with Crippen molar-refractivity contribution < 1.29 is 14.7 Å². The average Bonchev–Trinajstić information content (AvgIpc) is 2.03. The van der Waals surface area contributed by atoms with Gasteiger partial charge in [0.2, 0.25) is 0 Å². The van der Waals surface area contributed by atoms with E-state index in [1.807, 2.05) is 0 Å². The summed E-state index contributed by atoms with van der Waals surface area (Å²) < 4.78 is 0. The second-order valence-corrected chi connectivity index (χ2v) is 2.63. The largest absolute Gasteiger partial charge is 0.428 e. The number of likely N-dealkylation sites (tertiary alicyclic amines) is 1. The molecule has 11 heavy (non-hydrogen) atoms. The maximum Gasteiger partial charge on any atom is 0.428 e. The minimum atomic E-state index is -0.566. The minimum absolute atomic E-state index is 0.329. The second kappa shape index (κ2) is 3.54. The molecule has 1 aliphatic rings. The Morgan fingerprint density at radius 2 is 2.45 bits per heavy atom. The zero-order chi connectivity index (χ0) is 8.27. The van der Waals surface area contributed by atoms with Gasteiger partial charge in [0.25, 0.3) is 0 Å². The van der Waals surface area contributed by atoms with Crippen molar-refractivity contribution in [2.24, 2.45) is 5.90 Å². The maximum atomic E-state index is 10.8. The molecular weight excluding hydrogens is 148 g/mol. The Balaban J connectivity index is 2.39. The van der Waals surface area contributed by atoms with E-state index >= 15 is 0 Å². The van der Waals surface area contributed by atoms with Crippen LogP contribution in [0.1, 0.15) is 12.8 Å². The summed E-state index contributed by atoms with van der Waals surface area (Å²) >= 11 is 0. The molecule has 5 heteroatoms. The summed E-state index contributed by atoms with van der Waals surface area (Å²) in [6, 6.07) is 0. The molecule has 1 atom stereocenters. The Bertz CT molecular complexity index is 151. The van der Waals surface area contributed by atoms with Gasteiger partial charge in [-0.25, -0.2) is 4.79 Å². The van der Waals surface area contributed by atoms with Gasteiger partial charge < -0.3 is 14.8 Å². The van der Waals surface area contributed by atoms with Gasteiger partial charge in [-0.2, -0.15) is 5.90 Å². The molecule has 0 aromatic heterocycles. The van der Waals surface area contributed by atoms with E-state index < -0.39 is 12.2 Å². The third-order valence-corrected chi connectivity index (χ3v) is 1.76. The van der Waals surface area contributed by atoms with E-state index in [-0.39, 0.29) is 0 Å². The summed E-state index contributed by atoms with van der Waals surface area (Å²) in [7, 11) is 0. The lowest BCUT2D eigenvalue weighted by Gasteiger charge is -2.28. The van der Waals surface area contributed by atoms with Gasteiger partial charge in [-0.3, -0.25) is 0 Å². The standard InChI is InChI=1S/C6H12N2O3/c7-11-6(10)8-3-1-2-5(9)4-8/h5,9H,1-4,7H2. The predicted octanol–water partition coefficient (Wildman–Crippen LogP) is -0.547. The van der Waals surface area contributed by atoms with Crippen molar-refractivity contribution in [3.63, 3.8) is 0 Å². The molecule has 1 heterocycles. The minimum Gasteiger partial charge on any atom is -0.391 e. The predicted molar refractivity (Wildman–Crippen MR) is 37.5 cm³/mol. The molecule has 1 saturated heterocycles. The number of amides is 1. The van der Waals surface area contributed by atoms with Gasteiger partial charge in [-0.1, -0.05) is 0 Å². The Morgan fingerprint density at radius 1 is 1.73 bits per heavy atom. The first kappa shape index (κ1) is 8.29. The van der Waals surface area contributed by atoms with Crippen LogP contribution in [0.15, 0.2) is 0 Å². The number of aliphatic hydroxyl groups is 1. The summed E-state index contributed by atoms with van der Waals surface area (Å²) in [4.78, 5) is 16.2. The third kappa shape index (κ3) is 2.06. The van der Waals surface area contributed by atoms with Crippen LogP contribution in [0, 0.1) is 0 Å². The molecule has 0 aliphatic carbocycles. The number of nitrogens with zero attached hydrogens (tertiary/aromatic N) is 1. The molecule has 1 unspecified atom stereocenters. The van der Waals surface area contributed by atoms with E-state index in [1.54, 1.807) is 0 Å². The van der Waals surface area contributed by atoms with Gasteiger partial charge in [0, 0.05) is 13.1 Å². The number of aliphatic hydroxyl groups excluding tert-OH is 1. The van der Waals surface area contributed by atoms with Crippen LogP contribution in [0.2, 0.25) is 0 Å². The van der Waals surface area contributed by atoms with Gasteiger partial charge in [0.05, 0.1) is 6.10 Å². The molecule has 0 aromatic carbocycles. The van der Waals surface area contributed by atoms with Crippen LogP contribution in [-0.4, -0.2) is 35.3 Å². The lowest BCUT2D eigenvalue weighted by atomic mass is 10.1. The van der Waals surface area contributed by atoms with E-state index in [0.29, 0.717) is 13.1 Å². The van der Waals surface area contributed by atoms with Crippen LogP contribution in [0.25, 0.3) is 0 Å². The average molecular weight is 160 g/mol. The van der Waals surface area contributed by atoms with Crippen molar-refractivity contribution in [2.45, 2.75) is 18.9 Å². The lowest BCUT2D eigenvalue weighted by molar-refractivity contribution is 0.0490. The molecule has 1 amide bonds. The molecule has 0 saturated carbocycles. The zero-order valence-electron chi connectivity index (χ0n) is 6.19. The van der Waals surface area contributed by atoms with Crippen molar-refractivity contribution in [1.82, 2.24) is 4.90 Å². The number of rotatable bonds is 0. The van der Waals surface area contributed by atoms with Gasteiger partial charge >= 0.3 is 6.09 Å². The highest BCUT2D eigenvalue weighted by Gasteiger charge is 2.22. The molecule has 0 spiro atoms. The Hall–Kier alpha value is -0.810. The summed E-state index contributed by atoms with van der Waals surface area (Å²) in [6.07, 6.45) is 0.552. The van der Waals surface area contributed by atoms with Crippen molar-refractivity contribution in [3.05, 3.63) is 0 Å². The number of hydrogen-bond donors (Lipinski definition) is 2. The van der Waals surface area contributed by atoms with Gasteiger partial charge in [-0.05, 0) is 12.8 Å². The van der Waals surface area contributed by atoms with E-state index in [1.165, 1.54) is 4.90 Å². The smallest absolute Gasteiger partial charge is 0.391 e. The van der Waals surface area contributed by atoms with E-state index in [4.69, 9.17) is 5.11 Å². The highest BCUT2D eigenvalue weighted by molar-refractivity contribution is 5.67. The lowest BCUT2D eigenvalue weighted by Crippen LogP contribution is -2.43. The van der Waals surface area contributed by atoms with Crippen LogP contribution >= 0.6 is 0 Å². The Morgan fingerprint density at radius 3 is 3.00 bits per heavy atom. The highest BCUT2D eigenvalue weighted by atomic mass is 16.7. The van der Waals surface area contributed by atoms with Crippen LogP contribution < -0.4 is 5.90 Å². The summed E-state index contributed by atoms with van der Waals surface area (Å²) in [5.41, 5.74) is 0. The molecule has 0 aromatic rings. The first-order valence-corrected chi connectivity index (χ1v) is 3.57. The normalized spacial score (nSPS) is 24.9. The monoisotopic (exact) mass is 160 g/mol. The van der Waals surface area contributed by atoms with E-state index in [0.717, 1.165) is 12.8 Å². The first-order valence-electron chi connectivity index (χ1n) is 3.57. The second-order valence-electron chi connectivity index (χ2n) is 2.63. The zero-order valence-corrected chi connectivity index (χ0v) is 6.19. The number of carbonyl (C=O) groups excluding carboxylic acids is 1. The number of carbonyl (C=O) groups is 1. The van der Waals surface area contributed by atoms with Crippen molar-refractivity contribution in [1.29, 1.82) is 0 Å². The van der Waals surface area contributed by atoms with Gasteiger partial charge in [0.15, 0.2) is 0 Å². The highest BCUT2D eigenvalue weighted by Crippen LogP contribution is 2.09. The number of β-amino-alcohol motifs (C(OH)–C–C–N with tert-alkyl or cyclic N) is 1. The Kier molecular flexibility index (Phi) is 2.67. The molecular formula is C6H12N2O3. The van der Waals surface area contributed by atoms with E-state index in [2.05, 4.69) is 10.7 Å². The van der Waals surface area contributed by atoms with Crippen LogP contribution in [-0.2, 0) is 4.84 Å². The topological polar surface area (TPSA) is 75.8 Å². The van der Waals surface area contributed by atoms with Crippen LogP contribution in [0.5, 0.6) is 0 Å². The van der Waals surface area contributed by atoms with E-state index in [9.17, 15) is 4.79 Å². The third-order valence-electron chi connectivity index (χ3n) is 1.76. The fourth-order valence-corrected chi connectivity index (χ4v) is 1.20. The first-order chi connectivity index (χ1) is 5.24. The fourth-order valence-electron chi connectivity index (χ4n) is 1.20. The molecule has 1 rings (SSSR count). The molecule has 3 N–H and O–H groups in total.